The Kier molecular flexibility index (Phi) is 19.5. The molecule has 0 saturated carbocycles. The van der Waals surface area contributed by atoms with Crippen molar-refractivity contribution in [3.05, 3.63) is 46.5 Å². The maximum Gasteiger partial charge on any atom is 0.124 e. The largest absolute Gasteiger partial charge is 0.303 e. The van der Waals surface area contributed by atoms with Crippen LogP contribution in [0.15, 0.2) is 35.4 Å². The number of allylic oxidation sites excluding steroid dienone is 2. The predicted octanol–water partition coefficient (Wildman–Crippen LogP) is 10.5. The summed E-state index contributed by atoms with van der Waals surface area (Å²) in [6.45, 7) is 11.3. The van der Waals surface area contributed by atoms with E-state index in [1.54, 1.807) is 11.1 Å². The van der Waals surface area contributed by atoms with E-state index in [1.165, 1.54) is 89.0 Å². The highest BCUT2D eigenvalue weighted by molar-refractivity contribution is 5.56. The van der Waals surface area contributed by atoms with Crippen molar-refractivity contribution in [2.45, 2.75) is 156 Å². The van der Waals surface area contributed by atoms with E-state index in [2.05, 4.69) is 46.8 Å². The third-order valence-corrected chi connectivity index (χ3v) is 8.64. The highest BCUT2D eigenvalue weighted by Gasteiger charge is 2.33. The van der Waals surface area contributed by atoms with E-state index in [0.29, 0.717) is 23.7 Å². The van der Waals surface area contributed by atoms with Crippen LogP contribution >= 0.6 is 0 Å². The van der Waals surface area contributed by atoms with Crippen LogP contribution in [0.25, 0.3) is 0 Å². The molecule has 0 bridgehead atoms. The van der Waals surface area contributed by atoms with Gasteiger partial charge in [0, 0.05) is 18.8 Å². The molecule has 1 atom stereocenters. The smallest absolute Gasteiger partial charge is 0.124 e. The average Bonchev–Trinajstić information content (AvgIpc) is 2.95. The van der Waals surface area contributed by atoms with Crippen molar-refractivity contribution in [1.29, 1.82) is 0 Å². The molecule has 0 aromatic heterocycles. The molecule has 0 heterocycles. The van der Waals surface area contributed by atoms with Gasteiger partial charge < -0.3 is 14.4 Å². The molecule has 2 aliphatic rings. The zero-order chi connectivity index (χ0) is 29.6. The minimum Gasteiger partial charge on any atom is -0.303 e. The molecule has 0 N–H and O–H groups in total. The van der Waals surface area contributed by atoms with Gasteiger partial charge in [0.15, 0.2) is 0 Å². The van der Waals surface area contributed by atoms with Gasteiger partial charge in [0.1, 0.15) is 18.9 Å². The average molecular weight is 553 g/mol. The van der Waals surface area contributed by atoms with E-state index in [0.717, 1.165) is 50.1 Å². The summed E-state index contributed by atoms with van der Waals surface area (Å²) in [7, 11) is 0. The van der Waals surface area contributed by atoms with Crippen LogP contribution in [-0.4, -0.2) is 18.9 Å². The van der Waals surface area contributed by atoms with Crippen molar-refractivity contribution in [2.24, 2.45) is 11.3 Å². The molecule has 0 fully saturated rings. The lowest BCUT2D eigenvalue weighted by atomic mass is 9.66. The summed E-state index contributed by atoms with van der Waals surface area (Å²) >= 11 is 0. The molecular formula is C37H60O3. The van der Waals surface area contributed by atoms with Crippen LogP contribution in [0.3, 0.4) is 0 Å². The lowest BCUT2D eigenvalue weighted by Crippen LogP contribution is -2.26. The van der Waals surface area contributed by atoms with Crippen LogP contribution in [0.1, 0.15) is 161 Å². The zero-order valence-electron chi connectivity index (χ0n) is 26.6. The molecule has 0 spiro atoms. The van der Waals surface area contributed by atoms with Gasteiger partial charge in [0.25, 0.3) is 0 Å². The first-order valence-corrected chi connectivity index (χ1v) is 16.4. The number of carbonyl (C=O) groups excluding carboxylic acids is 3. The maximum atomic E-state index is 10.8. The van der Waals surface area contributed by atoms with Crippen molar-refractivity contribution in [3.8, 4) is 0 Å². The Morgan fingerprint density at radius 3 is 1.95 bits per heavy atom. The summed E-state index contributed by atoms with van der Waals surface area (Å²) in [4.78, 5) is 31.1. The van der Waals surface area contributed by atoms with Crippen molar-refractivity contribution in [1.82, 2.24) is 0 Å². The summed E-state index contributed by atoms with van der Waals surface area (Å²) in [5.74, 6) is 0.876. The van der Waals surface area contributed by atoms with Gasteiger partial charge in [0.2, 0.25) is 0 Å². The first-order chi connectivity index (χ1) is 19.3. The summed E-state index contributed by atoms with van der Waals surface area (Å²) in [5, 5.41) is 0. The minimum atomic E-state index is 0.311. The number of hydrogen-bond donors (Lipinski definition) is 0. The van der Waals surface area contributed by atoms with Crippen LogP contribution in [0.4, 0.5) is 0 Å². The summed E-state index contributed by atoms with van der Waals surface area (Å²) in [6.07, 6.45) is 25.1. The predicted molar refractivity (Wildman–Crippen MR) is 171 cm³/mol. The summed E-state index contributed by atoms with van der Waals surface area (Å²) < 4.78 is 0. The molecule has 1 aromatic carbocycles. The number of rotatable bonds is 15. The van der Waals surface area contributed by atoms with Crippen LogP contribution in [0, 0.1) is 11.3 Å². The topological polar surface area (TPSA) is 51.2 Å². The quantitative estimate of drug-likeness (QED) is 0.123. The fraction of sp³-hybridized carbons (Fsp3) is 0.703. The fourth-order valence-electron chi connectivity index (χ4n) is 5.91. The van der Waals surface area contributed by atoms with Gasteiger partial charge in [-0.05, 0) is 67.4 Å². The molecule has 1 unspecified atom stereocenters. The van der Waals surface area contributed by atoms with Crippen molar-refractivity contribution in [3.63, 3.8) is 0 Å². The van der Waals surface area contributed by atoms with Gasteiger partial charge >= 0.3 is 0 Å². The lowest BCUT2D eigenvalue weighted by molar-refractivity contribution is -0.111. The first kappa shape index (κ1) is 36.0. The number of hydrogen-bond acceptors (Lipinski definition) is 3. The Morgan fingerprint density at radius 2 is 1.43 bits per heavy atom. The van der Waals surface area contributed by atoms with Crippen LogP contribution in [0.2, 0.25) is 0 Å². The van der Waals surface area contributed by atoms with Gasteiger partial charge in [-0.1, -0.05) is 128 Å². The van der Waals surface area contributed by atoms with E-state index in [9.17, 15) is 14.4 Å². The highest BCUT2D eigenvalue weighted by Crippen LogP contribution is 2.47. The summed E-state index contributed by atoms with van der Waals surface area (Å²) in [5.41, 5.74) is 6.08. The van der Waals surface area contributed by atoms with Crippen molar-refractivity contribution in [2.75, 3.05) is 0 Å². The molecule has 0 aliphatic heterocycles. The van der Waals surface area contributed by atoms with Gasteiger partial charge in [0.05, 0.1) is 0 Å². The van der Waals surface area contributed by atoms with E-state index in [-0.39, 0.29) is 0 Å². The molecule has 0 amide bonds. The standard InChI is InChI=1S/C13H20O.C13H26O.C11H14O/c1-13(2)7-3-4-11-6-5-10(9-14)8-12(11)13;1-2-3-4-5-6-7-8-9-10-11-12-13-14;1-9(2)11-5-3-10(4-6-11)7-8-12/h9-10H,3-8H2,1-2H3;13H,2-12H2,1H3;3-6,8-9H,7H2,1-2H3. The first-order valence-electron chi connectivity index (χ1n) is 16.4. The third kappa shape index (κ3) is 15.1. The monoisotopic (exact) mass is 552 g/mol. The van der Waals surface area contributed by atoms with E-state index >= 15 is 0 Å². The number of carbonyl (C=O) groups is 3. The Labute approximate surface area is 247 Å². The van der Waals surface area contributed by atoms with Crippen molar-refractivity contribution < 1.29 is 14.4 Å². The fourth-order valence-corrected chi connectivity index (χ4v) is 5.91. The van der Waals surface area contributed by atoms with Crippen LogP contribution in [-0.2, 0) is 20.8 Å². The number of unbranched alkanes of at least 4 members (excludes halogenated alkanes) is 10. The van der Waals surface area contributed by atoms with E-state index < -0.39 is 0 Å². The molecule has 1 aromatic rings. The normalized spacial score (nSPS) is 17.6. The molecule has 226 valence electrons. The Bertz CT molecular complexity index is 847. The highest BCUT2D eigenvalue weighted by atomic mass is 16.1. The van der Waals surface area contributed by atoms with Crippen LogP contribution in [0.5, 0.6) is 0 Å². The zero-order valence-corrected chi connectivity index (χ0v) is 26.6. The minimum absolute atomic E-state index is 0.311. The number of aldehydes is 3. The second kappa shape index (κ2) is 21.7. The van der Waals surface area contributed by atoms with E-state index in [4.69, 9.17) is 0 Å². The Hall–Kier alpha value is -2.03. The molecule has 3 nitrogen and oxygen atoms in total. The Morgan fingerprint density at radius 1 is 0.825 bits per heavy atom. The second-order valence-corrected chi connectivity index (χ2v) is 12.9. The van der Waals surface area contributed by atoms with Crippen LogP contribution < -0.4 is 0 Å². The van der Waals surface area contributed by atoms with Gasteiger partial charge in [-0.3, -0.25) is 0 Å². The second-order valence-electron chi connectivity index (χ2n) is 12.9. The molecule has 3 rings (SSSR count). The number of benzene rings is 1. The van der Waals surface area contributed by atoms with Gasteiger partial charge in [-0.25, -0.2) is 0 Å². The molecular weight excluding hydrogens is 492 g/mol. The molecule has 3 heteroatoms. The molecule has 0 saturated heterocycles. The summed E-state index contributed by atoms with van der Waals surface area (Å²) in [6, 6.07) is 8.21. The van der Waals surface area contributed by atoms with Gasteiger partial charge in [-0.15, -0.1) is 0 Å². The molecule has 2 aliphatic carbocycles. The SMILES string of the molecule is CC(C)c1ccc(CC=O)cc1.CC1(C)CCCC2=C1CC(C=O)CC2.CCCCCCCCCCCCC=O. The molecule has 40 heavy (non-hydrogen) atoms. The van der Waals surface area contributed by atoms with Gasteiger partial charge in [-0.2, -0.15) is 0 Å². The third-order valence-electron chi connectivity index (χ3n) is 8.64. The lowest BCUT2D eigenvalue weighted by Gasteiger charge is -2.39. The maximum absolute atomic E-state index is 10.8. The Balaban J connectivity index is 0.000000301. The van der Waals surface area contributed by atoms with Crippen molar-refractivity contribution >= 4 is 18.9 Å². The molecule has 0 radical (unpaired) electrons. The van der Waals surface area contributed by atoms with E-state index in [1.807, 2.05) is 12.1 Å².